The largest absolute Gasteiger partial charge is 0.478 e. The van der Waals surface area contributed by atoms with Crippen LogP contribution in [-0.2, 0) is 0 Å². The number of anilines is 1. The second kappa shape index (κ2) is 6.37. The number of fused-ring (bicyclic) bond motifs is 2. The molecular formula is C23H21N3O2. The maximum absolute atomic E-state index is 11.4. The predicted octanol–water partition coefficient (Wildman–Crippen LogP) is 5.07. The first-order valence-electron chi connectivity index (χ1n) is 9.62. The minimum Gasteiger partial charge on any atom is -0.478 e. The number of carboxylic acids is 1. The van der Waals surface area contributed by atoms with E-state index in [1.165, 1.54) is 0 Å². The molecule has 5 heteroatoms. The first kappa shape index (κ1) is 16.8. The van der Waals surface area contributed by atoms with Gasteiger partial charge in [-0.05, 0) is 62.2 Å². The number of nitrogens with zero attached hydrogens (tertiary/aromatic N) is 2. The fourth-order valence-electron chi connectivity index (χ4n) is 4.22. The van der Waals surface area contributed by atoms with Crippen LogP contribution in [0.1, 0.15) is 30.1 Å². The molecule has 1 atom stereocenters. The van der Waals surface area contributed by atoms with E-state index in [1.54, 1.807) is 18.2 Å². The second-order valence-corrected chi connectivity index (χ2v) is 7.53. The van der Waals surface area contributed by atoms with E-state index in [0.717, 1.165) is 58.1 Å². The van der Waals surface area contributed by atoms with E-state index in [4.69, 9.17) is 4.98 Å². The van der Waals surface area contributed by atoms with Crippen LogP contribution in [0.5, 0.6) is 0 Å². The minimum atomic E-state index is -0.917. The standard InChI is InChI=1S/C23H21N3O2/c1-14-3-2-10-26(14)21-13-18-12-17(23(27)28)5-7-20(18)25-22(21)16-4-6-19-15(11-16)8-9-24-19/h4-9,11-14,24H,2-3,10H2,1H3,(H,27,28)/t14-/m0/s1. The van der Waals surface area contributed by atoms with Crippen molar-refractivity contribution in [3.8, 4) is 11.3 Å². The third kappa shape index (κ3) is 2.71. The number of carboxylic acid groups (broad SMARTS) is 1. The molecule has 0 radical (unpaired) electrons. The molecule has 0 saturated carbocycles. The molecule has 1 aliphatic rings. The molecule has 1 fully saturated rings. The quantitative estimate of drug-likeness (QED) is 0.527. The van der Waals surface area contributed by atoms with E-state index in [1.807, 2.05) is 6.20 Å². The van der Waals surface area contributed by atoms with Gasteiger partial charge in [0.2, 0.25) is 0 Å². The number of pyridine rings is 1. The lowest BCUT2D eigenvalue weighted by Gasteiger charge is -2.26. The maximum Gasteiger partial charge on any atom is 0.335 e. The highest BCUT2D eigenvalue weighted by atomic mass is 16.4. The van der Waals surface area contributed by atoms with Crippen LogP contribution in [0.4, 0.5) is 5.69 Å². The van der Waals surface area contributed by atoms with Crippen molar-refractivity contribution in [1.82, 2.24) is 9.97 Å². The Morgan fingerprint density at radius 1 is 1.14 bits per heavy atom. The first-order valence-corrected chi connectivity index (χ1v) is 9.62. The van der Waals surface area contributed by atoms with Gasteiger partial charge in [0.1, 0.15) is 0 Å². The van der Waals surface area contributed by atoms with Crippen molar-refractivity contribution in [2.75, 3.05) is 11.4 Å². The summed E-state index contributed by atoms with van der Waals surface area (Å²) in [6.45, 7) is 3.23. The first-order chi connectivity index (χ1) is 13.6. The summed E-state index contributed by atoms with van der Waals surface area (Å²) in [5.41, 5.74) is 5.31. The molecule has 28 heavy (non-hydrogen) atoms. The fraction of sp³-hybridized carbons (Fsp3) is 0.217. The lowest BCUT2D eigenvalue weighted by molar-refractivity contribution is 0.0697. The van der Waals surface area contributed by atoms with Gasteiger partial charge in [0.15, 0.2) is 0 Å². The summed E-state index contributed by atoms with van der Waals surface area (Å²) >= 11 is 0. The Hall–Kier alpha value is -3.34. The minimum absolute atomic E-state index is 0.288. The van der Waals surface area contributed by atoms with Crippen LogP contribution in [0.25, 0.3) is 33.1 Å². The molecular weight excluding hydrogens is 350 g/mol. The molecule has 2 aromatic heterocycles. The Kier molecular flexibility index (Phi) is 3.83. The van der Waals surface area contributed by atoms with Crippen molar-refractivity contribution in [3.05, 3.63) is 60.3 Å². The number of hydrogen-bond acceptors (Lipinski definition) is 3. The summed E-state index contributed by atoms with van der Waals surface area (Å²) in [6, 6.07) is 16.1. The normalized spacial score (nSPS) is 16.9. The number of aromatic amines is 1. The van der Waals surface area contributed by atoms with Gasteiger partial charge < -0.3 is 15.0 Å². The van der Waals surface area contributed by atoms with Gasteiger partial charge in [-0.15, -0.1) is 0 Å². The summed E-state index contributed by atoms with van der Waals surface area (Å²) in [6.07, 6.45) is 4.26. The van der Waals surface area contributed by atoms with Crippen LogP contribution in [-0.4, -0.2) is 33.6 Å². The zero-order chi connectivity index (χ0) is 19.3. The molecule has 4 aromatic rings. The molecule has 0 unspecified atom stereocenters. The van der Waals surface area contributed by atoms with Crippen LogP contribution < -0.4 is 4.90 Å². The zero-order valence-electron chi connectivity index (χ0n) is 15.6. The molecule has 0 spiro atoms. The highest BCUT2D eigenvalue weighted by molar-refractivity contribution is 5.97. The second-order valence-electron chi connectivity index (χ2n) is 7.53. The Labute approximate surface area is 162 Å². The topological polar surface area (TPSA) is 69.2 Å². The van der Waals surface area contributed by atoms with Gasteiger partial charge >= 0.3 is 5.97 Å². The third-order valence-corrected chi connectivity index (χ3v) is 5.73. The summed E-state index contributed by atoms with van der Waals surface area (Å²) in [4.78, 5) is 22.0. The van der Waals surface area contributed by atoms with Crippen molar-refractivity contribution in [2.45, 2.75) is 25.8 Å². The van der Waals surface area contributed by atoms with Crippen molar-refractivity contribution < 1.29 is 9.90 Å². The van der Waals surface area contributed by atoms with Gasteiger partial charge in [-0.2, -0.15) is 0 Å². The highest BCUT2D eigenvalue weighted by Gasteiger charge is 2.24. The van der Waals surface area contributed by atoms with Gasteiger partial charge in [-0.3, -0.25) is 0 Å². The van der Waals surface area contributed by atoms with Crippen molar-refractivity contribution in [1.29, 1.82) is 0 Å². The van der Waals surface area contributed by atoms with E-state index in [0.29, 0.717) is 6.04 Å². The number of rotatable bonds is 3. The smallest absolute Gasteiger partial charge is 0.335 e. The lowest BCUT2D eigenvalue weighted by atomic mass is 10.0. The van der Waals surface area contributed by atoms with E-state index >= 15 is 0 Å². The number of H-pyrrole nitrogens is 1. The molecule has 5 nitrogen and oxygen atoms in total. The molecule has 1 saturated heterocycles. The Morgan fingerprint density at radius 3 is 2.82 bits per heavy atom. The molecule has 0 aliphatic carbocycles. The lowest BCUT2D eigenvalue weighted by Crippen LogP contribution is -2.27. The zero-order valence-corrected chi connectivity index (χ0v) is 15.6. The van der Waals surface area contributed by atoms with E-state index in [2.05, 4.69) is 47.1 Å². The van der Waals surface area contributed by atoms with Crippen LogP contribution in [0.3, 0.4) is 0 Å². The predicted molar refractivity (Wildman–Crippen MR) is 112 cm³/mol. The number of benzene rings is 2. The van der Waals surface area contributed by atoms with Crippen molar-refractivity contribution >= 4 is 33.5 Å². The Morgan fingerprint density at radius 2 is 2.04 bits per heavy atom. The monoisotopic (exact) mass is 371 g/mol. The van der Waals surface area contributed by atoms with E-state index in [9.17, 15) is 9.90 Å². The summed E-state index contributed by atoms with van der Waals surface area (Å²) in [5, 5.41) is 11.4. The van der Waals surface area contributed by atoms with Gasteiger partial charge in [-0.25, -0.2) is 9.78 Å². The summed E-state index contributed by atoms with van der Waals surface area (Å²) in [7, 11) is 0. The van der Waals surface area contributed by atoms with Crippen LogP contribution in [0.2, 0.25) is 0 Å². The number of hydrogen-bond donors (Lipinski definition) is 2. The summed E-state index contributed by atoms with van der Waals surface area (Å²) < 4.78 is 0. The molecule has 0 amide bonds. The van der Waals surface area contributed by atoms with Crippen LogP contribution in [0.15, 0.2) is 54.7 Å². The molecule has 2 N–H and O–H groups in total. The van der Waals surface area contributed by atoms with Gasteiger partial charge in [0.25, 0.3) is 0 Å². The van der Waals surface area contributed by atoms with Gasteiger partial charge in [-0.1, -0.05) is 6.07 Å². The Balaban J connectivity index is 1.75. The number of carbonyl (C=O) groups is 1. The fourth-order valence-corrected chi connectivity index (χ4v) is 4.22. The highest BCUT2D eigenvalue weighted by Crippen LogP contribution is 2.37. The summed E-state index contributed by atoms with van der Waals surface area (Å²) in [5.74, 6) is -0.917. The number of aromatic carboxylic acids is 1. The Bertz CT molecular complexity index is 1210. The van der Waals surface area contributed by atoms with Crippen LogP contribution in [0, 0.1) is 0 Å². The molecule has 140 valence electrons. The van der Waals surface area contributed by atoms with E-state index in [-0.39, 0.29) is 5.56 Å². The van der Waals surface area contributed by atoms with Gasteiger partial charge in [0, 0.05) is 40.6 Å². The average Bonchev–Trinajstić information content (AvgIpc) is 3.34. The SMILES string of the molecule is C[C@H]1CCCN1c1cc2cc(C(=O)O)ccc2nc1-c1ccc2[nH]ccc2c1. The molecule has 3 heterocycles. The van der Waals surface area contributed by atoms with Crippen LogP contribution >= 0.6 is 0 Å². The maximum atomic E-state index is 11.4. The third-order valence-electron chi connectivity index (χ3n) is 5.73. The van der Waals surface area contributed by atoms with Crippen molar-refractivity contribution in [2.24, 2.45) is 0 Å². The van der Waals surface area contributed by atoms with Crippen molar-refractivity contribution in [3.63, 3.8) is 0 Å². The van der Waals surface area contributed by atoms with E-state index < -0.39 is 5.97 Å². The van der Waals surface area contributed by atoms with Gasteiger partial charge in [0.05, 0.1) is 22.5 Å². The number of aromatic nitrogens is 2. The molecule has 5 rings (SSSR count). The molecule has 0 bridgehead atoms. The number of nitrogens with one attached hydrogen (secondary N) is 1. The molecule has 1 aliphatic heterocycles. The molecule has 2 aromatic carbocycles. The average molecular weight is 371 g/mol.